The lowest BCUT2D eigenvalue weighted by Crippen LogP contribution is -2.38. The van der Waals surface area contributed by atoms with Crippen molar-refractivity contribution in [2.45, 2.75) is 26.7 Å². The zero-order valence-corrected chi connectivity index (χ0v) is 15.5. The highest BCUT2D eigenvalue weighted by Crippen LogP contribution is 2.23. The molecule has 1 amide bonds. The highest BCUT2D eigenvalue weighted by molar-refractivity contribution is 9.10. The predicted molar refractivity (Wildman–Crippen MR) is 98.5 cm³/mol. The molecule has 0 bridgehead atoms. The third kappa shape index (κ3) is 3.93. The third-order valence-electron chi connectivity index (χ3n) is 4.41. The molecule has 1 aromatic carbocycles. The summed E-state index contributed by atoms with van der Waals surface area (Å²) >= 11 is 3.46. The lowest BCUT2D eigenvalue weighted by Gasteiger charge is -2.30. The Balaban J connectivity index is 1.75. The summed E-state index contributed by atoms with van der Waals surface area (Å²) < 4.78 is 1.03. The second-order valence-electron chi connectivity index (χ2n) is 6.35. The van der Waals surface area contributed by atoms with E-state index in [0.29, 0.717) is 17.4 Å². The number of aromatic nitrogens is 2. The highest BCUT2D eigenvalue weighted by Gasteiger charge is 2.22. The van der Waals surface area contributed by atoms with E-state index in [4.69, 9.17) is 0 Å². The third-order valence-corrected chi connectivity index (χ3v) is 4.90. The second kappa shape index (κ2) is 7.30. The minimum absolute atomic E-state index is 0.0140. The van der Waals surface area contributed by atoms with E-state index in [0.717, 1.165) is 41.7 Å². The van der Waals surface area contributed by atoms with E-state index in [-0.39, 0.29) is 5.91 Å². The van der Waals surface area contributed by atoms with Crippen molar-refractivity contribution in [1.82, 2.24) is 14.9 Å². The molecule has 24 heavy (non-hydrogen) atoms. The first kappa shape index (κ1) is 16.9. The molecule has 0 saturated carbocycles. The largest absolute Gasteiger partial charge is 0.340 e. The number of nitrogens with one attached hydrogen (secondary N) is 1. The molecule has 1 N–H and O–H groups in total. The van der Waals surface area contributed by atoms with Crippen LogP contribution in [0.1, 0.15) is 35.8 Å². The van der Waals surface area contributed by atoms with Gasteiger partial charge in [0.25, 0.3) is 5.91 Å². The van der Waals surface area contributed by atoms with E-state index in [1.807, 2.05) is 30.0 Å². The maximum atomic E-state index is 12.6. The molecule has 2 aromatic rings. The lowest BCUT2D eigenvalue weighted by atomic mass is 9.99. The highest BCUT2D eigenvalue weighted by atomic mass is 79.9. The molecule has 1 aromatic heterocycles. The Morgan fingerprint density at radius 2 is 2.00 bits per heavy atom. The fourth-order valence-electron chi connectivity index (χ4n) is 2.82. The van der Waals surface area contributed by atoms with Crippen molar-refractivity contribution >= 4 is 33.3 Å². The minimum Gasteiger partial charge on any atom is -0.340 e. The molecule has 0 spiro atoms. The first-order valence-corrected chi connectivity index (χ1v) is 8.97. The first-order chi connectivity index (χ1) is 11.5. The van der Waals surface area contributed by atoms with Crippen LogP contribution in [-0.4, -0.2) is 33.9 Å². The Morgan fingerprint density at radius 1 is 1.25 bits per heavy atom. The van der Waals surface area contributed by atoms with Crippen LogP contribution >= 0.6 is 15.9 Å². The second-order valence-corrected chi connectivity index (χ2v) is 7.26. The summed E-state index contributed by atoms with van der Waals surface area (Å²) in [5.41, 5.74) is 2.50. The summed E-state index contributed by atoms with van der Waals surface area (Å²) in [6.45, 7) is 5.86. The number of carbonyl (C=O) groups is 1. The summed E-state index contributed by atoms with van der Waals surface area (Å²) in [5.74, 6) is 1.31. The number of aryl methyl sites for hydroxylation is 1. The van der Waals surface area contributed by atoms with Gasteiger partial charge in [-0.2, -0.15) is 0 Å². The zero-order valence-electron chi connectivity index (χ0n) is 13.9. The lowest BCUT2D eigenvalue weighted by molar-refractivity contribution is 0.0691. The van der Waals surface area contributed by atoms with Gasteiger partial charge in [0.05, 0.1) is 0 Å². The van der Waals surface area contributed by atoms with Crippen molar-refractivity contribution in [2.75, 3.05) is 18.4 Å². The number of carbonyl (C=O) groups excluding carboxylic acids is 1. The monoisotopic (exact) mass is 388 g/mol. The average molecular weight is 389 g/mol. The molecule has 1 fully saturated rings. The van der Waals surface area contributed by atoms with Crippen LogP contribution in [0.25, 0.3) is 0 Å². The molecule has 5 nitrogen and oxygen atoms in total. The van der Waals surface area contributed by atoms with E-state index in [9.17, 15) is 4.79 Å². The Morgan fingerprint density at radius 3 is 2.71 bits per heavy atom. The maximum Gasteiger partial charge on any atom is 0.272 e. The molecule has 0 atom stereocenters. The van der Waals surface area contributed by atoms with E-state index in [2.05, 4.69) is 38.1 Å². The van der Waals surface area contributed by atoms with Crippen molar-refractivity contribution in [1.29, 1.82) is 0 Å². The Labute approximate surface area is 150 Å². The molecule has 0 aliphatic carbocycles. The van der Waals surface area contributed by atoms with Gasteiger partial charge in [0.1, 0.15) is 17.8 Å². The van der Waals surface area contributed by atoms with Crippen LogP contribution in [0.15, 0.2) is 35.1 Å². The summed E-state index contributed by atoms with van der Waals surface area (Å²) in [4.78, 5) is 22.9. The van der Waals surface area contributed by atoms with Gasteiger partial charge < -0.3 is 10.2 Å². The number of anilines is 2. The van der Waals surface area contributed by atoms with Crippen molar-refractivity contribution < 1.29 is 4.79 Å². The van der Waals surface area contributed by atoms with E-state index in [1.165, 1.54) is 6.33 Å². The molecular formula is C18H21BrN4O. The van der Waals surface area contributed by atoms with Crippen molar-refractivity contribution in [3.8, 4) is 0 Å². The van der Waals surface area contributed by atoms with Crippen LogP contribution in [0.4, 0.5) is 11.5 Å². The zero-order chi connectivity index (χ0) is 17.1. The molecule has 0 unspecified atom stereocenters. The quantitative estimate of drug-likeness (QED) is 0.857. The van der Waals surface area contributed by atoms with Gasteiger partial charge in [-0.1, -0.05) is 22.9 Å². The molecule has 126 valence electrons. The Kier molecular flexibility index (Phi) is 5.14. The first-order valence-electron chi connectivity index (χ1n) is 8.17. The van der Waals surface area contributed by atoms with Gasteiger partial charge in [0.15, 0.2) is 0 Å². The fourth-order valence-corrected chi connectivity index (χ4v) is 3.30. The van der Waals surface area contributed by atoms with E-state index < -0.39 is 0 Å². The van der Waals surface area contributed by atoms with Crippen LogP contribution in [-0.2, 0) is 0 Å². The van der Waals surface area contributed by atoms with Crippen LogP contribution in [0.2, 0.25) is 0 Å². The number of benzene rings is 1. The number of halogens is 1. The Bertz CT molecular complexity index is 742. The van der Waals surface area contributed by atoms with Crippen LogP contribution in [0, 0.1) is 12.8 Å². The number of piperidine rings is 1. The standard InChI is InChI=1S/C18H21BrN4O/c1-12-5-7-23(8-6-12)18(24)16-10-17(21-11-20-16)22-15-4-3-14(19)9-13(15)2/h3-4,9-12H,5-8H2,1-2H3,(H,20,21,22). The molecule has 1 aliphatic heterocycles. The number of hydrogen-bond acceptors (Lipinski definition) is 4. The Hall–Kier alpha value is -1.95. The number of amides is 1. The molecule has 2 heterocycles. The van der Waals surface area contributed by atoms with Gasteiger partial charge in [-0.25, -0.2) is 9.97 Å². The maximum absolute atomic E-state index is 12.6. The molecule has 3 rings (SSSR count). The predicted octanol–water partition coefficient (Wildman–Crippen LogP) is 4.16. The molecule has 0 radical (unpaired) electrons. The summed E-state index contributed by atoms with van der Waals surface area (Å²) in [6.07, 6.45) is 3.55. The van der Waals surface area contributed by atoms with E-state index >= 15 is 0 Å². The normalized spacial score (nSPS) is 15.4. The average Bonchev–Trinajstić information content (AvgIpc) is 2.58. The summed E-state index contributed by atoms with van der Waals surface area (Å²) in [6, 6.07) is 7.71. The number of rotatable bonds is 3. The number of likely N-dealkylation sites (tertiary alicyclic amines) is 1. The smallest absolute Gasteiger partial charge is 0.272 e. The fraction of sp³-hybridized carbons (Fsp3) is 0.389. The van der Waals surface area contributed by atoms with Gasteiger partial charge in [-0.3, -0.25) is 4.79 Å². The van der Waals surface area contributed by atoms with E-state index in [1.54, 1.807) is 6.07 Å². The van der Waals surface area contributed by atoms with Crippen LogP contribution < -0.4 is 5.32 Å². The molecule has 1 saturated heterocycles. The number of nitrogens with zero attached hydrogens (tertiary/aromatic N) is 3. The van der Waals surface area contributed by atoms with Crippen LogP contribution in [0.5, 0.6) is 0 Å². The molecule has 1 aliphatic rings. The van der Waals surface area contributed by atoms with Crippen LogP contribution in [0.3, 0.4) is 0 Å². The van der Waals surface area contributed by atoms with Crippen molar-refractivity contribution in [2.24, 2.45) is 5.92 Å². The topological polar surface area (TPSA) is 58.1 Å². The summed E-state index contributed by atoms with van der Waals surface area (Å²) in [7, 11) is 0. The molecular weight excluding hydrogens is 368 g/mol. The van der Waals surface area contributed by atoms with Gasteiger partial charge in [0.2, 0.25) is 0 Å². The molecule has 6 heteroatoms. The van der Waals surface area contributed by atoms with Crippen molar-refractivity contribution in [3.05, 3.63) is 46.3 Å². The van der Waals surface area contributed by atoms with Crippen molar-refractivity contribution in [3.63, 3.8) is 0 Å². The SMILES string of the molecule is Cc1cc(Br)ccc1Nc1cc(C(=O)N2CCC(C)CC2)ncn1. The number of hydrogen-bond donors (Lipinski definition) is 1. The van der Waals surface area contributed by atoms with Gasteiger partial charge in [-0.15, -0.1) is 0 Å². The van der Waals surface area contributed by atoms with Gasteiger partial charge in [0, 0.05) is 29.3 Å². The van der Waals surface area contributed by atoms with Gasteiger partial charge >= 0.3 is 0 Å². The van der Waals surface area contributed by atoms with Gasteiger partial charge in [-0.05, 0) is 49.4 Å². The summed E-state index contributed by atoms with van der Waals surface area (Å²) in [5, 5.41) is 3.26. The minimum atomic E-state index is -0.0140.